The molecule has 0 radical (unpaired) electrons. The first-order chi connectivity index (χ1) is 15.6. The van der Waals surface area contributed by atoms with Crippen molar-refractivity contribution in [1.82, 2.24) is 19.5 Å². The van der Waals surface area contributed by atoms with E-state index in [1.54, 1.807) is 47.7 Å². The molecule has 32 heavy (non-hydrogen) atoms. The molecule has 1 N–H and O–H groups in total. The SMILES string of the molecule is COc1cc2ccn(-c3ncnc(Nc4cc(OC)c(OC)c(OC)c4)n3)c2cc1OC. The van der Waals surface area contributed by atoms with Crippen LogP contribution in [0.15, 0.2) is 42.9 Å². The van der Waals surface area contributed by atoms with Gasteiger partial charge in [0.1, 0.15) is 6.33 Å². The zero-order chi connectivity index (χ0) is 22.7. The lowest BCUT2D eigenvalue weighted by atomic mass is 10.2. The van der Waals surface area contributed by atoms with Crippen molar-refractivity contribution in [2.75, 3.05) is 40.9 Å². The van der Waals surface area contributed by atoms with Crippen LogP contribution in [0.2, 0.25) is 0 Å². The topological polar surface area (TPSA) is 102 Å². The van der Waals surface area contributed by atoms with Gasteiger partial charge >= 0.3 is 0 Å². The Bertz CT molecular complexity index is 1230. The molecule has 2 aromatic heterocycles. The summed E-state index contributed by atoms with van der Waals surface area (Å²) in [6.45, 7) is 0. The number of nitrogens with one attached hydrogen (secondary N) is 1. The standard InChI is InChI=1S/C22H23N5O5/c1-28-16-8-13-6-7-27(15(13)11-17(16)29-2)22-24-12-23-21(26-22)25-14-9-18(30-3)20(32-5)19(10-14)31-4/h6-12H,1-5H3,(H,23,24,25,26). The van der Waals surface area contributed by atoms with Crippen LogP contribution in [0.1, 0.15) is 0 Å². The lowest BCUT2D eigenvalue weighted by molar-refractivity contribution is 0.324. The Hall–Kier alpha value is -4.21. The van der Waals surface area contributed by atoms with Gasteiger partial charge in [-0.3, -0.25) is 4.57 Å². The van der Waals surface area contributed by atoms with Crippen molar-refractivity contribution in [2.45, 2.75) is 0 Å². The Morgan fingerprint density at radius 3 is 2.03 bits per heavy atom. The van der Waals surface area contributed by atoms with Crippen molar-refractivity contribution in [3.63, 3.8) is 0 Å². The second kappa shape index (κ2) is 8.88. The number of rotatable bonds is 8. The van der Waals surface area contributed by atoms with E-state index in [0.29, 0.717) is 46.3 Å². The molecule has 0 spiro atoms. The van der Waals surface area contributed by atoms with Crippen LogP contribution in [0.3, 0.4) is 0 Å². The predicted molar refractivity (Wildman–Crippen MR) is 119 cm³/mol. The van der Waals surface area contributed by atoms with Crippen LogP contribution in [-0.4, -0.2) is 55.1 Å². The molecule has 4 aromatic rings. The first-order valence-electron chi connectivity index (χ1n) is 9.61. The second-order valence-electron chi connectivity index (χ2n) is 6.60. The lowest BCUT2D eigenvalue weighted by Crippen LogP contribution is -2.05. The van der Waals surface area contributed by atoms with E-state index in [2.05, 4.69) is 20.3 Å². The first kappa shape index (κ1) is 21.0. The molecule has 4 rings (SSSR count). The molecule has 10 nitrogen and oxygen atoms in total. The summed E-state index contributed by atoms with van der Waals surface area (Å²) in [5.74, 6) is 3.59. The summed E-state index contributed by atoms with van der Waals surface area (Å²) in [6.07, 6.45) is 3.32. The maximum atomic E-state index is 5.43. The van der Waals surface area contributed by atoms with Crippen LogP contribution in [0.25, 0.3) is 16.9 Å². The van der Waals surface area contributed by atoms with Crippen LogP contribution >= 0.6 is 0 Å². The van der Waals surface area contributed by atoms with Gasteiger partial charge in [-0.2, -0.15) is 4.98 Å². The van der Waals surface area contributed by atoms with Crippen molar-refractivity contribution in [1.29, 1.82) is 0 Å². The summed E-state index contributed by atoms with van der Waals surface area (Å²) in [7, 11) is 7.87. The molecule has 0 fully saturated rings. The molecule has 0 saturated heterocycles. The summed E-state index contributed by atoms with van der Waals surface area (Å²) in [5, 5.41) is 4.12. The monoisotopic (exact) mass is 437 g/mol. The molecule has 0 amide bonds. The first-order valence-corrected chi connectivity index (χ1v) is 9.61. The number of benzene rings is 2. The van der Waals surface area contributed by atoms with Crippen molar-refractivity contribution in [2.24, 2.45) is 0 Å². The van der Waals surface area contributed by atoms with Gasteiger partial charge in [0.2, 0.25) is 17.6 Å². The van der Waals surface area contributed by atoms with Gasteiger partial charge in [-0.15, -0.1) is 0 Å². The minimum atomic E-state index is 0.353. The predicted octanol–water partition coefficient (Wildman–Crippen LogP) is 3.60. The van der Waals surface area contributed by atoms with Crippen LogP contribution in [-0.2, 0) is 0 Å². The van der Waals surface area contributed by atoms with E-state index in [1.807, 2.05) is 29.0 Å². The van der Waals surface area contributed by atoms with Crippen LogP contribution in [0.5, 0.6) is 28.7 Å². The quantitative estimate of drug-likeness (QED) is 0.443. The van der Waals surface area contributed by atoms with Gasteiger partial charge in [-0.1, -0.05) is 0 Å². The Balaban J connectivity index is 1.71. The highest BCUT2D eigenvalue weighted by atomic mass is 16.5. The molecule has 2 aromatic carbocycles. The minimum Gasteiger partial charge on any atom is -0.493 e. The third-order valence-electron chi connectivity index (χ3n) is 4.89. The molecule has 0 bridgehead atoms. The molecule has 0 aliphatic heterocycles. The number of ether oxygens (including phenoxy) is 5. The largest absolute Gasteiger partial charge is 0.493 e. The van der Waals surface area contributed by atoms with Crippen molar-refractivity contribution in [3.8, 4) is 34.7 Å². The van der Waals surface area contributed by atoms with E-state index in [4.69, 9.17) is 23.7 Å². The highest BCUT2D eigenvalue weighted by Gasteiger charge is 2.15. The fraction of sp³-hybridized carbons (Fsp3) is 0.227. The van der Waals surface area contributed by atoms with E-state index < -0.39 is 0 Å². The van der Waals surface area contributed by atoms with E-state index >= 15 is 0 Å². The third-order valence-corrected chi connectivity index (χ3v) is 4.89. The number of anilines is 2. The summed E-state index contributed by atoms with van der Waals surface area (Å²) >= 11 is 0. The van der Waals surface area contributed by atoms with E-state index in [-0.39, 0.29) is 0 Å². The fourth-order valence-corrected chi connectivity index (χ4v) is 3.38. The molecular weight excluding hydrogens is 414 g/mol. The number of nitrogens with zero attached hydrogens (tertiary/aromatic N) is 4. The van der Waals surface area contributed by atoms with Gasteiger partial charge in [0.15, 0.2) is 23.0 Å². The molecule has 0 aliphatic rings. The molecule has 0 saturated carbocycles. The van der Waals surface area contributed by atoms with Gasteiger partial charge in [-0.05, 0) is 12.1 Å². The number of fused-ring (bicyclic) bond motifs is 1. The van der Waals surface area contributed by atoms with E-state index in [0.717, 1.165) is 10.9 Å². The van der Waals surface area contributed by atoms with Crippen molar-refractivity contribution in [3.05, 3.63) is 42.9 Å². The third kappa shape index (κ3) is 3.78. The Morgan fingerprint density at radius 2 is 1.41 bits per heavy atom. The zero-order valence-corrected chi connectivity index (χ0v) is 18.4. The molecule has 10 heteroatoms. The number of aromatic nitrogens is 4. The van der Waals surface area contributed by atoms with E-state index in [9.17, 15) is 0 Å². The van der Waals surface area contributed by atoms with Crippen LogP contribution in [0, 0.1) is 0 Å². The lowest BCUT2D eigenvalue weighted by Gasteiger charge is -2.14. The maximum absolute atomic E-state index is 5.43. The second-order valence-corrected chi connectivity index (χ2v) is 6.60. The molecule has 0 atom stereocenters. The molecule has 2 heterocycles. The zero-order valence-electron chi connectivity index (χ0n) is 18.4. The average molecular weight is 437 g/mol. The summed E-state index contributed by atoms with van der Waals surface area (Å²) in [5.41, 5.74) is 1.54. The smallest absolute Gasteiger partial charge is 0.238 e. The molecule has 0 unspecified atom stereocenters. The Labute approximate surface area is 184 Å². The summed E-state index contributed by atoms with van der Waals surface area (Å²) in [6, 6.07) is 9.28. The summed E-state index contributed by atoms with van der Waals surface area (Å²) in [4.78, 5) is 13.1. The fourth-order valence-electron chi connectivity index (χ4n) is 3.38. The average Bonchev–Trinajstić information content (AvgIpc) is 3.25. The highest BCUT2D eigenvalue weighted by molar-refractivity contribution is 5.85. The Kier molecular flexibility index (Phi) is 5.84. The minimum absolute atomic E-state index is 0.353. The van der Waals surface area contributed by atoms with E-state index in [1.165, 1.54) is 6.33 Å². The Morgan fingerprint density at radius 1 is 0.750 bits per heavy atom. The van der Waals surface area contributed by atoms with Gasteiger partial charge < -0.3 is 29.0 Å². The van der Waals surface area contributed by atoms with Crippen LogP contribution in [0.4, 0.5) is 11.6 Å². The van der Waals surface area contributed by atoms with Crippen molar-refractivity contribution < 1.29 is 23.7 Å². The van der Waals surface area contributed by atoms with Crippen LogP contribution < -0.4 is 29.0 Å². The van der Waals surface area contributed by atoms with Gasteiger partial charge in [0, 0.05) is 35.5 Å². The van der Waals surface area contributed by atoms with Crippen molar-refractivity contribution >= 4 is 22.5 Å². The highest BCUT2D eigenvalue weighted by Crippen LogP contribution is 2.40. The number of methoxy groups -OCH3 is 5. The number of hydrogen-bond acceptors (Lipinski definition) is 9. The normalized spacial score (nSPS) is 10.7. The molecule has 166 valence electrons. The molecule has 0 aliphatic carbocycles. The number of hydrogen-bond donors (Lipinski definition) is 1. The van der Waals surface area contributed by atoms with Gasteiger partial charge in [0.05, 0.1) is 41.1 Å². The van der Waals surface area contributed by atoms with Gasteiger partial charge in [0.25, 0.3) is 0 Å². The maximum Gasteiger partial charge on any atom is 0.238 e. The van der Waals surface area contributed by atoms with Gasteiger partial charge in [-0.25, -0.2) is 9.97 Å². The molecular formula is C22H23N5O5. The summed E-state index contributed by atoms with van der Waals surface area (Å²) < 4.78 is 28.8.